The minimum absolute atomic E-state index is 0.237. The fourth-order valence-electron chi connectivity index (χ4n) is 4.60. The normalized spacial score (nSPS) is 20.2. The third-order valence-corrected chi connectivity index (χ3v) is 6.02. The van der Waals surface area contributed by atoms with Crippen molar-refractivity contribution in [2.24, 2.45) is 0 Å². The molecule has 0 aromatic heterocycles. The van der Waals surface area contributed by atoms with E-state index in [1.807, 2.05) is 0 Å². The average molecular weight is 369 g/mol. The standard InChI is InChI=1S/C20H36N2O4/c23-18(24)12-6-2-1-3-7-13-20(19(25)26,21-14-8-4-9-15-21)22-16-10-5-11-17-22/h1-17H2,(H,23,24)(H,25,26). The molecular weight excluding hydrogens is 332 g/mol. The molecule has 2 saturated heterocycles. The first kappa shape index (κ1) is 21.2. The van der Waals surface area contributed by atoms with Crippen molar-refractivity contribution in [3.05, 3.63) is 0 Å². The third kappa shape index (κ3) is 5.68. The van der Waals surface area contributed by atoms with Crippen LogP contribution in [0.5, 0.6) is 0 Å². The molecule has 0 amide bonds. The van der Waals surface area contributed by atoms with Crippen molar-refractivity contribution < 1.29 is 19.8 Å². The number of piperidine rings is 2. The highest BCUT2D eigenvalue weighted by Crippen LogP contribution is 2.33. The fourth-order valence-corrected chi connectivity index (χ4v) is 4.60. The van der Waals surface area contributed by atoms with E-state index in [1.54, 1.807) is 0 Å². The van der Waals surface area contributed by atoms with E-state index in [2.05, 4.69) is 9.80 Å². The predicted molar refractivity (Wildman–Crippen MR) is 101 cm³/mol. The van der Waals surface area contributed by atoms with Gasteiger partial charge in [0.1, 0.15) is 0 Å². The van der Waals surface area contributed by atoms with E-state index in [4.69, 9.17) is 5.11 Å². The van der Waals surface area contributed by atoms with Gasteiger partial charge in [-0.3, -0.25) is 14.6 Å². The molecule has 0 aromatic carbocycles. The summed E-state index contributed by atoms with van der Waals surface area (Å²) in [6.07, 6.45) is 12.2. The van der Waals surface area contributed by atoms with Gasteiger partial charge >= 0.3 is 11.9 Å². The summed E-state index contributed by atoms with van der Waals surface area (Å²) in [5.74, 6) is -1.41. The Morgan fingerprint density at radius 2 is 1.15 bits per heavy atom. The Morgan fingerprint density at radius 3 is 1.62 bits per heavy atom. The van der Waals surface area contributed by atoms with Crippen LogP contribution in [0, 0.1) is 0 Å². The largest absolute Gasteiger partial charge is 0.481 e. The van der Waals surface area contributed by atoms with Gasteiger partial charge in [-0.2, -0.15) is 0 Å². The smallest absolute Gasteiger partial charge is 0.339 e. The van der Waals surface area contributed by atoms with Crippen LogP contribution in [0.3, 0.4) is 0 Å². The van der Waals surface area contributed by atoms with Crippen LogP contribution in [-0.4, -0.2) is 63.8 Å². The van der Waals surface area contributed by atoms with Gasteiger partial charge in [0.25, 0.3) is 0 Å². The van der Waals surface area contributed by atoms with Crippen LogP contribution in [-0.2, 0) is 9.59 Å². The van der Waals surface area contributed by atoms with Crippen LogP contribution in [0.4, 0.5) is 0 Å². The number of hydrogen-bond donors (Lipinski definition) is 2. The molecule has 2 N–H and O–H groups in total. The molecule has 0 atom stereocenters. The number of carboxylic acids is 2. The second kappa shape index (κ2) is 10.9. The lowest BCUT2D eigenvalue weighted by atomic mass is 9.92. The van der Waals surface area contributed by atoms with Gasteiger partial charge in [-0.05, 0) is 44.9 Å². The molecule has 2 fully saturated rings. The topological polar surface area (TPSA) is 81.1 Å². The second-order valence-electron chi connectivity index (χ2n) is 7.88. The molecular formula is C20H36N2O4. The van der Waals surface area contributed by atoms with E-state index >= 15 is 0 Å². The van der Waals surface area contributed by atoms with Crippen LogP contribution in [0.25, 0.3) is 0 Å². The Kier molecular flexibility index (Phi) is 8.85. The number of nitrogens with zero attached hydrogens (tertiary/aromatic N) is 2. The van der Waals surface area contributed by atoms with Gasteiger partial charge in [-0.25, -0.2) is 4.79 Å². The van der Waals surface area contributed by atoms with Crippen molar-refractivity contribution in [1.82, 2.24) is 9.80 Å². The zero-order valence-corrected chi connectivity index (χ0v) is 16.1. The highest BCUT2D eigenvalue weighted by Gasteiger charge is 2.49. The Bertz CT molecular complexity index is 425. The van der Waals surface area contributed by atoms with Gasteiger partial charge in [0.05, 0.1) is 0 Å². The molecule has 6 heteroatoms. The molecule has 2 aliphatic heterocycles. The summed E-state index contributed by atoms with van der Waals surface area (Å²) >= 11 is 0. The summed E-state index contributed by atoms with van der Waals surface area (Å²) in [7, 11) is 0. The van der Waals surface area contributed by atoms with E-state index < -0.39 is 17.6 Å². The number of unbranched alkanes of at least 4 members (excludes halogenated alkanes) is 4. The molecule has 6 nitrogen and oxygen atoms in total. The van der Waals surface area contributed by atoms with Gasteiger partial charge in [-0.15, -0.1) is 0 Å². The molecule has 0 aromatic rings. The molecule has 150 valence electrons. The zero-order valence-electron chi connectivity index (χ0n) is 16.1. The summed E-state index contributed by atoms with van der Waals surface area (Å²) in [6, 6.07) is 0. The third-order valence-electron chi connectivity index (χ3n) is 6.02. The number of likely N-dealkylation sites (tertiary alicyclic amines) is 2. The minimum Gasteiger partial charge on any atom is -0.481 e. The Balaban J connectivity index is 1.95. The maximum atomic E-state index is 12.5. The van der Waals surface area contributed by atoms with Gasteiger partial charge in [0, 0.05) is 32.6 Å². The van der Waals surface area contributed by atoms with E-state index in [0.29, 0.717) is 6.42 Å². The minimum atomic E-state index is -0.831. The van der Waals surface area contributed by atoms with Crippen LogP contribution in [0.15, 0.2) is 0 Å². The van der Waals surface area contributed by atoms with Crippen LogP contribution >= 0.6 is 0 Å². The van der Waals surface area contributed by atoms with E-state index in [1.165, 1.54) is 12.8 Å². The maximum Gasteiger partial charge on any atom is 0.339 e. The highest BCUT2D eigenvalue weighted by atomic mass is 16.4. The number of aliphatic carboxylic acids is 2. The quantitative estimate of drug-likeness (QED) is 0.543. The number of rotatable bonds is 11. The number of carboxylic acid groups (broad SMARTS) is 2. The van der Waals surface area contributed by atoms with Crippen molar-refractivity contribution in [1.29, 1.82) is 0 Å². The van der Waals surface area contributed by atoms with Crippen LogP contribution < -0.4 is 0 Å². The molecule has 0 bridgehead atoms. The van der Waals surface area contributed by atoms with Gasteiger partial charge in [0.15, 0.2) is 5.66 Å². The molecule has 2 aliphatic rings. The van der Waals surface area contributed by atoms with Gasteiger partial charge in [0.2, 0.25) is 0 Å². The van der Waals surface area contributed by atoms with Gasteiger partial charge < -0.3 is 10.2 Å². The average Bonchev–Trinajstić information content (AvgIpc) is 2.65. The van der Waals surface area contributed by atoms with E-state index in [-0.39, 0.29) is 6.42 Å². The van der Waals surface area contributed by atoms with Crippen molar-refractivity contribution >= 4 is 11.9 Å². The first-order chi connectivity index (χ1) is 12.6. The lowest BCUT2D eigenvalue weighted by Crippen LogP contribution is -2.67. The summed E-state index contributed by atoms with van der Waals surface area (Å²) in [5.41, 5.74) is -0.831. The molecule has 0 spiro atoms. The molecule has 2 rings (SSSR count). The molecule has 2 heterocycles. The maximum absolute atomic E-state index is 12.5. The second-order valence-corrected chi connectivity index (χ2v) is 7.88. The van der Waals surface area contributed by atoms with E-state index in [9.17, 15) is 14.7 Å². The summed E-state index contributed by atoms with van der Waals surface area (Å²) in [6.45, 7) is 3.56. The lowest BCUT2D eigenvalue weighted by Gasteiger charge is -2.50. The molecule has 26 heavy (non-hydrogen) atoms. The van der Waals surface area contributed by atoms with Crippen LogP contribution in [0.2, 0.25) is 0 Å². The highest BCUT2D eigenvalue weighted by molar-refractivity contribution is 5.78. The first-order valence-corrected chi connectivity index (χ1v) is 10.5. The van der Waals surface area contributed by atoms with Crippen molar-refractivity contribution in [3.63, 3.8) is 0 Å². The number of hydrogen-bond acceptors (Lipinski definition) is 4. The Labute approximate surface area is 157 Å². The molecule has 0 aliphatic carbocycles. The number of carbonyl (C=O) groups is 2. The van der Waals surface area contributed by atoms with Crippen molar-refractivity contribution in [2.75, 3.05) is 26.2 Å². The van der Waals surface area contributed by atoms with Crippen molar-refractivity contribution in [2.45, 2.75) is 89.1 Å². The lowest BCUT2D eigenvalue weighted by molar-refractivity contribution is -0.173. The SMILES string of the molecule is O=C(O)CCCCCCCC(C(=O)O)(N1CCCCC1)N1CCCCC1. The predicted octanol–water partition coefficient (Wildman–Crippen LogP) is 3.55. The summed E-state index contributed by atoms with van der Waals surface area (Å²) in [5, 5.41) is 19.0. The molecule has 0 saturated carbocycles. The van der Waals surface area contributed by atoms with Crippen LogP contribution in [0.1, 0.15) is 83.5 Å². The molecule has 0 unspecified atom stereocenters. The first-order valence-electron chi connectivity index (χ1n) is 10.5. The van der Waals surface area contributed by atoms with E-state index in [0.717, 1.165) is 84.0 Å². The Hall–Kier alpha value is -1.14. The Morgan fingerprint density at radius 1 is 0.692 bits per heavy atom. The summed E-state index contributed by atoms with van der Waals surface area (Å²) < 4.78 is 0. The molecule has 0 radical (unpaired) electrons. The van der Waals surface area contributed by atoms with Crippen molar-refractivity contribution in [3.8, 4) is 0 Å². The monoisotopic (exact) mass is 368 g/mol. The summed E-state index contributed by atoms with van der Waals surface area (Å²) in [4.78, 5) is 27.6. The van der Waals surface area contributed by atoms with Gasteiger partial charge in [-0.1, -0.05) is 32.1 Å². The zero-order chi connectivity index (χ0) is 18.8. The fraction of sp³-hybridized carbons (Fsp3) is 0.900.